The number of rotatable bonds is 4. The highest BCUT2D eigenvalue weighted by atomic mass is 19.1. The number of halogens is 1. The molecular formula is C19H25FN2O2. The van der Waals surface area contributed by atoms with Gasteiger partial charge in [0.05, 0.1) is 0 Å². The molecule has 0 heterocycles. The number of nitrogens with one attached hydrogen (secondary N) is 2. The van der Waals surface area contributed by atoms with Gasteiger partial charge in [-0.1, -0.05) is 12.8 Å². The molecule has 2 fully saturated rings. The van der Waals surface area contributed by atoms with Crippen LogP contribution < -0.4 is 10.6 Å². The zero-order chi connectivity index (χ0) is 16.9. The number of carbonyl (C=O) groups excluding carboxylic acids is 2. The molecule has 3 rings (SSSR count). The second-order valence-corrected chi connectivity index (χ2v) is 7.03. The van der Waals surface area contributed by atoms with Crippen molar-refractivity contribution in [2.75, 3.05) is 5.32 Å². The van der Waals surface area contributed by atoms with E-state index in [9.17, 15) is 14.0 Å². The van der Waals surface area contributed by atoms with Gasteiger partial charge in [-0.05, 0) is 62.8 Å². The van der Waals surface area contributed by atoms with Gasteiger partial charge in [0.25, 0.3) is 0 Å². The summed E-state index contributed by atoms with van der Waals surface area (Å²) in [5.41, 5.74) is 0.613. The first kappa shape index (κ1) is 16.9. The Labute approximate surface area is 142 Å². The molecule has 4 nitrogen and oxygen atoms in total. The smallest absolute Gasteiger partial charge is 0.227 e. The number of benzene rings is 1. The Morgan fingerprint density at radius 2 is 1.38 bits per heavy atom. The molecule has 24 heavy (non-hydrogen) atoms. The maximum atomic E-state index is 12.9. The first-order valence-electron chi connectivity index (χ1n) is 8.98. The maximum absolute atomic E-state index is 12.9. The minimum atomic E-state index is -0.318. The highest BCUT2D eigenvalue weighted by molar-refractivity contribution is 5.92. The second kappa shape index (κ2) is 7.77. The van der Waals surface area contributed by atoms with Gasteiger partial charge in [0.1, 0.15) is 5.82 Å². The van der Waals surface area contributed by atoms with E-state index in [0.29, 0.717) is 11.7 Å². The molecule has 1 aromatic rings. The molecule has 2 amide bonds. The number of carbonyl (C=O) groups is 2. The Kier molecular flexibility index (Phi) is 5.48. The van der Waals surface area contributed by atoms with Crippen molar-refractivity contribution in [3.05, 3.63) is 30.1 Å². The molecule has 0 unspecified atom stereocenters. The van der Waals surface area contributed by atoms with Crippen LogP contribution in [-0.2, 0) is 9.59 Å². The molecule has 0 spiro atoms. The summed E-state index contributed by atoms with van der Waals surface area (Å²) in [6.07, 6.45) is 7.61. The van der Waals surface area contributed by atoms with Crippen molar-refractivity contribution in [2.24, 2.45) is 11.8 Å². The topological polar surface area (TPSA) is 58.2 Å². The molecule has 0 aliphatic heterocycles. The van der Waals surface area contributed by atoms with Crippen molar-refractivity contribution in [1.29, 1.82) is 0 Å². The van der Waals surface area contributed by atoms with E-state index in [-0.39, 0.29) is 29.5 Å². The van der Waals surface area contributed by atoms with Crippen molar-refractivity contribution in [3.63, 3.8) is 0 Å². The van der Waals surface area contributed by atoms with Gasteiger partial charge in [-0.25, -0.2) is 4.39 Å². The van der Waals surface area contributed by atoms with Crippen molar-refractivity contribution in [3.8, 4) is 0 Å². The lowest BCUT2D eigenvalue weighted by molar-refractivity contribution is -0.129. The van der Waals surface area contributed by atoms with E-state index in [1.165, 1.54) is 25.0 Å². The van der Waals surface area contributed by atoms with Crippen LogP contribution in [0.5, 0.6) is 0 Å². The zero-order valence-electron chi connectivity index (χ0n) is 13.9. The fourth-order valence-electron chi connectivity index (χ4n) is 3.78. The summed E-state index contributed by atoms with van der Waals surface area (Å²) < 4.78 is 12.9. The number of amides is 2. The molecule has 2 saturated carbocycles. The highest BCUT2D eigenvalue weighted by Crippen LogP contribution is 2.30. The lowest BCUT2D eigenvalue weighted by Gasteiger charge is -2.28. The van der Waals surface area contributed by atoms with Gasteiger partial charge in [0, 0.05) is 23.6 Å². The van der Waals surface area contributed by atoms with Crippen LogP contribution in [0.2, 0.25) is 0 Å². The molecule has 0 saturated heterocycles. The van der Waals surface area contributed by atoms with Crippen LogP contribution in [0.1, 0.15) is 51.4 Å². The SMILES string of the molecule is O=C(Nc1ccc(F)cc1)C1CCC(C(=O)NC2CCCC2)CC1. The average Bonchev–Trinajstić information content (AvgIpc) is 3.10. The summed E-state index contributed by atoms with van der Waals surface area (Å²) in [5, 5.41) is 6.00. The molecule has 5 heteroatoms. The van der Waals surface area contributed by atoms with E-state index >= 15 is 0 Å². The quantitative estimate of drug-likeness (QED) is 0.884. The summed E-state index contributed by atoms with van der Waals surface area (Å²) in [7, 11) is 0. The van der Waals surface area contributed by atoms with E-state index in [1.54, 1.807) is 12.1 Å². The highest BCUT2D eigenvalue weighted by Gasteiger charge is 2.31. The third-order valence-corrected chi connectivity index (χ3v) is 5.28. The minimum absolute atomic E-state index is 0.0312. The van der Waals surface area contributed by atoms with Crippen LogP contribution in [0.15, 0.2) is 24.3 Å². The molecule has 2 N–H and O–H groups in total. The lowest BCUT2D eigenvalue weighted by Crippen LogP contribution is -2.39. The van der Waals surface area contributed by atoms with E-state index in [0.717, 1.165) is 38.5 Å². The van der Waals surface area contributed by atoms with Crippen molar-refractivity contribution in [1.82, 2.24) is 5.32 Å². The first-order chi connectivity index (χ1) is 11.6. The van der Waals surface area contributed by atoms with Crippen LogP contribution in [0.25, 0.3) is 0 Å². The van der Waals surface area contributed by atoms with Gasteiger partial charge in [-0.15, -0.1) is 0 Å². The van der Waals surface area contributed by atoms with E-state index in [1.807, 2.05) is 0 Å². The maximum Gasteiger partial charge on any atom is 0.227 e. The van der Waals surface area contributed by atoms with Crippen LogP contribution >= 0.6 is 0 Å². The predicted molar refractivity (Wildman–Crippen MR) is 90.9 cm³/mol. The molecule has 0 aromatic heterocycles. The molecular weight excluding hydrogens is 307 g/mol. The summed E-state index contributed by atoms with van der Waals surface area (Å²) in [6.45, 7) is 0. The van der Waals surface area contributed by atoms with Crippen LogP contribution in [0.3, 0.4) is 0 Å². The van der Waals surface area contributed by atoms with Crippen molar-refractivity contribution in [2.45, 2.75) is 57.4 Å². The van der Waals surface area contributed by atoms with Gasteiger partial charge < -0.3 is 10.6 Å². The molecule has 0 bridgehead atoms. The van der Waals surface area contributed by atoms with Crippen LogP contribution in [0, 0.1) is 17.7 Å². The van der Waals surface area contributed by atoms with Gasteiger partial charge >= 0.3 is 0 Å². The van der Waals surface area contributed by atoms with E-state index < -0.39 is 0 Å². The molecule has 2 aliphatic carbocycles. The Balaban J connectivity index is 1.44. The Bertz CT molecular complexity index is 574. The minimum Gasteiger partial charge on any atom is -0.353 e. The van der Waals surface area contributed by atoms with Gasteiger partial charge in [0.15, 0.2) is 0 Å². The summed E-state index contributed by atoms with van der Waals surface area (Å²) in [5.74, 6) is -0.205. The lowest BCUT2D eigenvalue weighted by atomic mass is 9.81. The van der Waals surface area contributed by atoms with Crippen LogP contribution in [-0.4, -0.2) is 17.9 Å². The Morgan fingerprint density at radius 3 is 1.96 bits per heavy atom. The largest absolute Gasteiger partial charge is 0.353 e. The third-order valence-electron chi connectivity index (χ3n) is 5.28. The molecule has 0 radical (unpaired) electrons. The molecule has 2 aliphatic rings. The van der Waals surface area contributed by atoms with E-state index in [2.05, 4.69) is 10.6 Å². The summed E-state index contributed by atoms with van der Waals surface area (Å²) >= 11 is 0. The second-order valence-electron chi connectivity index (χ2n) is 7.03. The standard InChI is InChI=1S/C19H25FN2O2/c20-15-9-11-17(12-10-15)22-19(24)14-7-5-13(6-8-14)18(23)21-16-3-1-2-4-16/h9-14,16H,1-8H2,(H,21,23)(H,22,24). The monoisotopic (exact) mass is 332 g/mol. The van der Waals surface area contributed by atoms with Gasteiger partial charge in [-0.2, -0.15) is 0 Å². The van der Waals surface area contributed by atoms with Gasteiger partial charge in [0.2, 0.25) is 11.8 Å². The van der Waals surface area contributed by atoms with Gasteiger partial charge in [-0.3, -0.25) is 9.59 Å². The fraction of sp³-hybridized carbons (Fsp3) is 0.579. The predicted octanol–water partition coefficient (Wildman–Crippen LogP) is 3.63. The van der Waals surface area contributed by atoms with E-state index in [4.69, 9.17) is 0 Å². The number of hydrogen-bond donors (Lipinski definition) is 2. The number of anilines is 1. The molecule has 0 atom stereocenters. The Morgan fingerprint density at radius 1 is 0.833 bits per heavy atom. The zero-order valence-corrected chi connectivity index (χ0v) is 13.9. The summed E-state index contributed by atoms with van der Waals surface area (Å²) in [6, 6.07) is 6.15. The molecule has 130 valence electrons. The molecule has 1 aromatic carbocycles. The first-order valence-corrected chi connectivity index (χ1v) is 8.98. The average molecular weight is 332 g/mol. The third kappa shape index (κ3) is 4.34. The normalized spacial score (nSPS) is 24.5. The Hall–Kier alpha value is -1.91. The van der Waals surface area contributed by atoms with Crippen LogP contribution in [0.4, 0.5) is 10.1 Å². The van der Waals surface area contributed by atoms with Crippen molar-refractivity contribution >= 4 is 17.5 Å². The van der Waals surface area contributed by atoms with Crippen molar-refractivity contribution < 1.29 is 14.0 Å². The number of hydrogen-bond acceptors (Lipinski definition) is 2. The summed E-state index contributed by atoms with van der Waals surface area (Å²) in [4.78, 5) is 24.6. The fourth-order valence-corrected chi connectivity index (χ4v) is 3.78.